The zero-order valence-electron chi connectivity index (χ0n) is 10.3. The molecule has 0 aliphatic rings. The van der Waals surface area contributed by atoms with Gasteiger partial charge in [0, 0.05) is 24.8 Å². The van der Waals surface area contributed by atoms with Gasteiger partial charge >= 0.3 is 0 Å². The Balaban J connectivity index is 2.27. The summed E-state index contributed by atoms with van der Waals surface area (Å²) in [7, 11) is 2.13. The van der Waals surface area contributed by atoms with E-state index in [-0.39, 0.29) is 5.82 Å². The number of anilines is 1. The highest BCUT2D eigenvalue weighted by molar-refractivity contribution is 5.42. The van der Waals surface area contributed by atoms with E-state index in [4.69, 9.17) is 0 Å². The molecular weight excluding hydrogens is 203 g/mol. The molecule has 1 rings (SSSR count). The summed E-state index contributed by atoms with van der Waals surface area (Å²) in [5.74, 6) is -0.192. The van der Waals surface area contributed by atoms with Gasteiger partial charge in [-0.1, -0.05) is 6.92 Å². The highest BCUT2D eigenvalue weighted by atomic mass is 19.1. The van der Waals surface area contributed by atoms with Crippen molar-refractivity contribution in [2.45, 2.75) is 26.3 Å². The number of benzene rings is 1. The second kappa shape index (κ2) is 6.48. The Morgan fingerprint density at radius 1 is 1.31 bits per heavy atom. The Labute approximate surface area is 97.5 Å². The number of hydrogen-bond acceptors (Lipinski definition) is 2. The second-order valence-corrected chi connectivity index (χ2v) is 4.17. The molecule has 0 radical (unpaired) electrons. The van der Waals surface area contributed by atoms with E-state index < -0.39 is 0 Å². The number of nitrogens with zero attached hydrogens (tertiary/aromatic N) is 1. The fourth-order valence-electron chi connectivity index (χ4n) is 1.48. The SMILES string of the molecule is CCC(C)N(C)CCNc1ccc(F)cc1. The molecule has 90 valence electrons. The van der Waals surface area contributed by atoms with Crippen LogP contribution in [0.2, 0.25) is 0 Å². The van der Waals surface area contributed by atoms with Crippen molar-refractivity contribution < 1.29 is 4.39 Å². The van der Waals surface area contributed by atoms with E-state index in [1.165, 1.54) is 12.1 Å². The van der Waals surface area contributed by atoms with Gasteiger partial charge in [0.2, 0.25) is 0 Å². The van der Waals surface area contributed by atoms with Crippen LogP contribution in [0.5, 0.6) is 0 Å². The van der Waals surface area contributed by atoms with Crippen LogP contribution >= 0.6 is 0 Å². The van der Waals surface area contributed by atoms with Crippen molar-refractivity contribution in [3.63, 3.8) is 0 Å². The molecule has 0 fully saturated rings. The molecule has 0 aliphatic carbocycles. The Hall–Kier alpha value is -1.09. The Morgan fingerprint density at radius 2 is 1.94 bits per heavy atom. The maximum absolute atomic E-state index is 12.7. The molecule has 0 aromatic heterocycles. The minimum absolute atomic E-state index is 0.192. The first-order valence-electron chi connectivity index (χ1n) is 5.83. The lowest BCUT2D eigenvalue weighted by Gasteiger charge is -2.23. The fourth-order valence-corrected chi connectivity index (χ4v) is 1.48. The number of likely N-dealkylation sites (N-methyl/N-ethyl adjacent to an activating group) is 1. The van der Waals surface area contributed by atoms with Crippen molar-refractivity contribution in [1.29, 1.82) is 0 Å². The molecule has 3 heteroatoms. The van der Waals surface area contributed by atoms with E-state index in [0.717, 1.165) is 25.2 Å². The Bertz CT molecular complexity index is 297. The number of halogens is 1. The lowest BCUT2D eigenvalue weighted by molar-refractivity contribution is 0.261. The molecule has 0 heterocycles. The van der Waals surface area contributed by atoms with Gasteiger partial charge in [-0.15, -0.1) is 0 Å². The quantitative estimate of drug-likeness (QED) is 0.799. The van der Waals surface area contributed by atoms with E-state index in [2.05, 4.69) is 31.1 Å². The maximum Gasteiger partial charge on any atom is 0.123 e. The first-order chi connectivity index (χ1) is 7.63. The molecule has 1 atom stereocenters. The molecule has 16 heavy (non-hydrogen) atoms. The van der Waals surface area contributed by atoms with E-state index >= 15 is 0 Å². The number of nitrogens with one attached hydrogen (secondary N) is 1. The highest BCUT2D eigenvalue weighted by Gasteiger charge is 2.05. The summed E-state index contributed by atoms with van der Waals surface area (Å²) in [6, 6.07) is 7.08. The summed E-state index contributed by atoms with van der Waals surface area (Å²) in [6.45, 7) is 6.28. The van der Waals surface area contributed by atoms with Gasteiger partial charge in [0.1, 0.15) is 5.82 Å². The summed E-state index contributed by atoms with van der Waals surface area (Å²) >= 11 is 0. The van der Waals surface area contributed by atoms with Gasteiger partial charge < -0.3 is 10.2 Å². The molecule has 1 unspecified atom stereocenters. The Kier molecular flexibility index (Phi) is 5.26. The minimum Gasteiger partial charge on any atom is -0.384 e. The summed E-state index contributed by atoms with van der Waals surface area (Å²) in [5, 5.41) is 3.27. The summed E-state index contributed by atoms with van der Waals surface area (Å²) in [5.41, 5.74) is 0.971. The maximum atomic E-state index is 12.7. The van der Waals surface area contributed by atoms with Crippen LogP contribution in [0.1, 0.15) is 20.3 Å². The van der Waals surface area contributed by atoms with Gasteiger partial charge in [-0.05, 0) is 44.7 Å². The van der Waals surface area contributed by atoms with Crippen LogP contribution < -0.4 is 5.32 Å². The molecule has 0 saturated carbocycles. The fraction of sp³-hybridized carbons (Fsp3) is 0.538. The van der Waals surface area contributed by atoms with Crippen LogP contribution in [0.3, 0.4) is 0 Å². The van der Waals surface area contributed by atoms with Gasteiger partial charge in [0.05, 0.1) is 0 Å². The monoisotopic (exact) mass is 224 g/mol. The molecule has 0 spiro atoms. The van der Waals surface area contributed by atoms with Gasteiger partial charge in [-0.2, -0.15) is 0 Å². The Morgan fingerprint density at radius 3 is 2.50 bits per heavy atom. The molecule has 2 nitrogen and oxygen atoms in total. The third-order valence-corrected chi connectivity index (χ3v) is 2.98. The third kappa shape index (κ3) is 4.19. The lowest BCUT2D eigenvalue weighted by Crippen LogP contribution is -2.32. The van der Waals surface area contributed by atoms with Crippen LogP contribution in [0.4, 0.5) is 10.1 Å². The van der Waals surface area contributed by atoms with E-state index in [1.807, 2.05) is 0 Å². The van der Waals surface area contributed by atoms with E-state index in [9.17, 15) is 4.39 Å². The standard InChI is InChI=1S/C13H21FN2/c1-4-11(2)16(3)10-9-15-13-7-5-12(14)6-8-13/h5-8,11,15H,4,9-10H2,1-3H3. The number of hydrogen-bond donors (Lipinski definition) is 1. The third-order valence-electron chi connectivity index (χ3n) is 2.98. The van der Waals surface area contributed by atoms with Gasteiger partial charge in [0.25, 0.3) is 0 Å². The average Bonchev–Trinajstić information content (AvgIpc) is 2.30. The molecule has 0 aliphatic heterocycles. The largest absolute Gasteiger partial charge is 0.384 e. The van der Waals surface area contributed by atoms with Crippen molar-refractivity contribution in [1.82, 2.24) is 4.90 Å². The van der Waals surface area contributed by atoms with E-state index in [0.29, 0.717) is 6.04 Å². The van der Waals surface area contributed by atoms with Gasteiger partial charge in [-0.3, -0.25) is 0 Å². The van der Waals surface area contributed by atoms with Gasteiger partial charge in [-0.25, -0.2) is 4.39 Å². The number of rotatable bonds is 6. The molecule has 0 saturated heterocycles. The lowest BCUT2D eigenvalue weighted by atomic mass is 10.2. The van der Waals surface area contributed by atoms with Crippen LogP contribution in [0, 0.1) is 5.82 Å². The predicted octanol–water partition coefficient (Wildman–Crippen LogP) is 2.97. The topological polar surface area (TPSA) is 15.3 Å². The summed E-state index contributed by atoms with van der Waals surface area (Å²) < 4.78 is 12.7. The minimum atomic E-state index is -0.192. The molecule has 0 amide bonds. The first-order valence-corrected chi connectivity index (χ1v) is 5.83. The molecular formula is C13H21FN2. The smallest absolute Gasteiger partial charge is 0.123 e. The predicted molar refractivity (Wildman–Crippen MR) is 67.3 cm³/mol. The zero-order valence-corrected chi connectivity index (χ0v) is 10.3. The van der Waals surface area contributed by atoms with E-state index in [1.54, 1.807) is 12.1 Å². The summed E-state index contributed by atoms with van der Waals surface area (Å²) in [4.78, 5) is 2.32. The second-order valence-electron chi connectivity index (χ2n) is 4.17. The molecule has 1 N–H and O–H groups in total. The molecule has 1 aromatic rings. The van der Waals surface area contributed by atoms with Crippen LogP contribution in [-0.4, -0.2) is 31.1 Å². The molecule has 0 bridgehead atoms. The van der Waals surface area contributed by atoms with Crippen LogP contribution in [0.15, 0.2) is 24.3 Å². The van der Waals surface area contributed by atoms with Gasteiger partial charge in [0.15, 0.2) is 0 Å². The first kappa shape index (κ1) is 13.0. The van der Waals surface area contributed by atoms with Crippen LogP contribution in [0.25, 0.3) is 0 Å². The molecule has 1 aromatic carbocycles. The average molecular weight is 224 g/mol. The van der Waals surface area contributed by atoms with Crippen LogP contribution in [-0.2, 0) is 0 Å². The van der Waals surface area contributed by atoms with Crippen molar-refractivity contribution in [2.75, 3.05) is 25.5 Å². The highest BCUT2D eigenvalue weighted by Crippen LogP contribution is 2.07. The van der Waals surface area contributed by atoms with Crippen molar-refractivity contribution in [2.24, 2.45) is 0 Å². The summed E-state index contributed by atoms with van der Waals surface area (Å²) in [6.07, 6.45) is 1.16. The van der Waals surface area contributed by atoms with Crippen molar-refractivity contribution in [3.8, 4) is 0 Å². The van der Waals surface area contributed by atoms with Crippen molar-refractivity contribution >= 4 is 5.69 Å². The zero-order chi connectivity index (χ0) is 12.0. The normalized spacial score (nSPS) is 12.8. The van der Waals surface area contributed by atoms with Crippen molar-refractivity contribution in [3.05, 3.63) is 30.1 Å².